The average molecular weight is 316 g/mol. The molecule has 0 amide bonds. The molecule has 0 saturated heterocycles. The number of benzene rings is 1. The smallest absolute Gasteiger partial charge is 0.242 e. The number of hydrogen-bond donors (Lipinski definition) is 1. The molecule has 1 aromatic carbocycles. The molecule has 6 heteroatoms. The van der Waals surface area contributed by atoms with Crippen molar-refractivity contribution in [2.45, 2.75) is 44.6 Å². The molecular formula is C15H25FN2O2S. The third-order valence-corrected chi connectivity index (χ3v) is 5.29. The number of halogens is 1. The molecule has 1 aromatic rings. The van der Waals surface area contributed by atoms with Crippen molar-refractivity contribution in [3.8, 4) is 0 Å². The molecule has 0 unspecified atom stereocenters. The van der Waals surface area contributed by atoms with Gasteiger partial charge >= 0.3 is 0 Å². The first-order chi connectivity index (χ1) is 9.84. The molecule has 4 nitrogen and oxygen atoms in total. The summed E-state index contributed by atoms with van der Waals surface area (Å²) >= 11 is 0. The van der Waals surface area contributed by atoms with Crippen LogP contribution >= 0.6 is 0 Å². The number of rotatable bonds is 8. The lowest BCUT2D eigenvalue weighted by Crippen LogP contribution is -2.28. The summed E-state index contributed by atoms with van der Waals surface area (Å²) < 4.78 is 40.4. The van der Waals surface area contributed by atoms with Crippen LogP contribution < -0.4 is 5.32 Å². The van der Waals surface area contributed by atoms with Crippen LogP contribution in [0.2, 0.25) is 0 Å². The third kappa shape index (κ3) is 4.49. The van der Waals surface area contributed by atoms with Gasteiger partial charge in [0.2, 0.25) is 10.0 Å². The highest BCUT2D eigenvalue weighted by Crippen LogP contribution is 2.22. The second kappa shape index (κ2) is 7.87. The van der Waals surface area contributed by atoms with Crippen LogP contribution in [0.4, 0.5) is 4.39 Å². The van der Waals surface area contributed by atoms with E-state index in [1.807, 2.05) is 0 Å². The summed E-state index contributed by atoms with van der Waals surface area (Å²) in [6, 6.07) is 2.82. The zero-order chi connectivity index (χ0) is 16.0. The van der Waals surface area contributed by atoms with Crippen LogP contribution in [0.1, 0.15) is 37.3 Å². The number of nitrogens with zero attached hydrogens (tertiary/aromatic N) is 1. The zero-order valence-electron chi connectivity index (χ0n) is 13.2. The predicted octanol–water partition coefficient (Wildman–Crippen LogP) is 2.66. The van der Waals surface area contributed by atoms with E-state index >= 15 is 0 Å². The fourth-order valence-corrected chi connectivity index (χ4v) is 3.51. The van der Waals surface area contributed by atoms with Crippen molar-refractivity contribution in [2.75, 3.05) is 20.6 Å². The average Bonchev–Trinajstić information content (AvgIpc) is 2.43. The van der Waals surface area contributed by atoms with E-state index in [1.165, 1.54) is 16.4 Å². The first-order valence-corrected chi connectivity index (χ1v) is 8.68. The van der Waals surface area contributed by atoms with Crippen molar-refractivity contribution in [1.29, 1.82) is 0 Å². The first-order valence-electron chi connectivity index (χ1n) is 7.24. The standard InChI is InChI=1S/C15H25FN2O2S/c1-5-6-7-8-18(4)21(19,20)14-9-12(2)15(16)13(10-14)11-17-3/h9-10,17H,5-8,11H2,1-4H3. The van der Waals surface area contributed by atoms with Crippen LogP contribution in [0.25, 0.3) is 0 Å². The summed E-state index contributed by atoms with van der Waals surface area (Å²) in [6.07, 6.45) is 2.86. The van der Waals surface area contributed by atoms with Crippen LogP contribution in [0.5, 0.6) is 0 Å². The number of sulfonamides is 1. The Morgan fingerprint density at radius 2 is 1.95 bits per heavy atom. The molecule has 0 radical (unpaired) electrons. The van der Waals surface area contributed by atoms with Gasteiger partial charge in [-0.25, -0.2) is 17.1 Å². The molecule has 0 fully saturated rings. The summed E-state index contributed by atoms with van der Waals surface area (Å²) in [5, 5.41) is 2.85. The quantitative estimate of drug-likeness (QED) is 0.750. The van der Waals surface area contributed by atoms with Gasteiger partial charge in [-0.05, 0) is 38.1 Å². The zero-order valence-corrected chi connectivity index (χ0v) is 14.1. The lowest BCUT2D eigenvalue weighted by atomic mass is 10.1. The lowest BCUT2D eigenvalue weighted by molar-refractivity contribution is 0.454. The molecule has 0 aliphatic rings. The van der Waals surface area contributed by atoms with E-state index < -0.39 is 10.0 Å². The van der Waals surface area contributed by atoms with Crippen LogP contribution in [-0.4, -0.2) is 33.4 Å². The Kier molecular flexibility index (Phi) is 6.77. The summed E-state index contributed by atoms with van der Waals surface area (Å²) in [6.45, 7) is 4.44. The van der Waals surface area contributed by atoms with Gasteiger partial charge in [-0.15, -0.1) is 0 Å². The Labute approximate surface area is 127 Å². The highest BCUT2D eigenvalue weighted by Gasteiger charge is 2.22. The fraction of sp³-hybridized carbons (Fsp3) is 0.600. The minimum Gasteiger partial charge on any atom is -0.316 e. The second-order valence-electron chi connectivity index (χ2n) is 5.28. The van der Waals surface area contributed by atoms with Gasteiger partial charge < -0.3 is 5.32 Å². The number of nitrogens with one attached hydrogen (secondary N) is 1. The van der Waals surface area contributed by atoms with E-state index in [-0.39, 0.29) is 10.7 Å². The lowest BCUT2D eigenvalue weighted by Gasteiger charge is -2.18. The number of hydrogen-bond acceptors (Lipinski definition) is 3. The maximum Gasteiger partial charge on any atom is 0.242 e. The van der Waals surface area contributed by atoms with Gasteiger partial charge in [0.25, 0.3) is 0 Å². The monoisotopic (exact) mass is 316 g/mol. The van der Waals surface area contributed by atoms with Gasteiger partial charge in [0.1, 0.15) is 5.82 Å². The Bertz CT molecular complexity index is 573. The maximum atomic E-state index is 14.0. The summed E-state index contributed by atoms with van der Waals surface area (Å²) in [7, 11) is -0.289. The number of aryl methyl sites for hydroxylation is 1. The second-order valence-corrected chi connectivity index (χ2v) is 7.32. The van der Waals surface area contributed by atoms with Gasteiger partial charge in [0.05, 0.1) is 4.90 Å². The van der Waals surface area contributed by atoms with Gasteiger partial charge in [-0.3, -0.25) is 0 Å². The van der Waals surface area contributed by atoms with E-state index in [0.29, 0.717) is 24.2 Å². The Hall–Kier alpha value is -0.980. The van der Waals surface area contributed by atoms with E-state index in [0.717, 1.165) is 19.3 Å². The van der Waals surface area contributed by atoms with E-state index in [1.54, 1.807) is 21.0 Å². The van der Waals surface area contributed by atoms with E-state index in [4.69, 9.17) is 0 Å². The highest BCUT2D eigenvalue weighted by atomic mass is 32.2. The molecule has 0 saturated carbocycles. The molecule has 1 N–H and O–H groups in total. The fourth-order valence-electron chi connectivity index (χ4n) is 2.16. The highest BCUT2D eigenvalue weighted by molar-refractivity contribution is 7.89. The molecule has 21 heavy (non-hydrogen) atoms. The summed E-state index contributed by atoms with van der Waals surface area (Å²) in [5.41, 5.74) is 0.723. The molecule has 0 aromatic heterocycles. The summed E-state index contributed by atoms with van der Waals surface area (Å²) in [4.78, 5) is 0.158. The van der Waals surface area contributed by atoms with Crippen LogP contribution in [0, 0.1) is 12.7 Å². The molecule has 1 rings (SSSR count). The van der Waals surface area contributed by atoms with E-state index in [2.05, 4.69) is 12.2 Å². The topological polar surface area (TPSA) is 49.4 Å². The molecule has 0 heterocycles. The van der Waals surface area contributed by atoms with Gasteiger partial charge in [-0.2, -0.15) is 0 Å². The van der Waals surface area contributed by atoms with Crippen molar-refractivity contribution in [3.05, 3.63) is 29.1 Å². The predicted molar refractivity (Wildman–Crippen MR) is 83.2 cm³/mol. The van der Waals surface area contributed by atoms with Crippen molar-refractivity contribution in [3.63, 3.8) is 0 Å². The molecule has 0 aliphatic heterocycles. The van der Waals surface area contributed by atoms with Crippen LogP contribution in [0.3, 0.4) is 0 Å². The summed E-state index contributed by atoms with van der Waals surface area (Å²) in [5.74, 6) is -0.350. The van der Waals surface area contributed by atoms with Crippen molar-refractivity contribution >= 4 is 10.0 Å². The molecular weight excluding hydrogens is 291 g/mol. The molecule has 0 spiro atoms. The SMILES string of the molecule is CCCCCN(C)S(=O)(=O)c1cc(C)c(F)c(CNC)c1. The molecule has 0 bridgehead atoms. The van der Waals surface area contributed by atoms with Crippen LogP contribution in [-0.2, 0) is 16.6 Å². The Balaban J connectivity index is 3.07. The van der Waals surface area contributed by atoms with Crippen molar-refractivity contribution in [2.24, 2.45) is 0 Å². The first kappa shape index (κ1) is 18.1. The molecule has 0 aliphatic carbocycles. The molecule has 120 valence electrons. The third-order valence-electron chi connectivity index (χ3n) is 3.46. The maximum absolute atomic E-state index is 14.0. The minimum absolute atomic E-state index is 0.158. The Morgan fingerprint density at radius 3 is 2.52 bits per heavy atom. The minimum atomic E-state index is -3.56. The molecule has 0 atom stereocenters. The van der Waals surface area contributed by atoms with E-state index in [9.17, 15) is 12.8 Å². The van der Waals surface area contributed by atoms with Crippen molar-refractivity contribution in [1.82, 2.24) is 9.62 Å². The largest absolute Gasteiger partial charge is 0.316 e. The van der Waals surface area contributed by atoms with Gasteiger partial charge in [0.15, 0.2) is 0 Å². The normalized spacial score (nSPS) is 12.1. The van der Waals surface area contributed by atoms with Gasteiger partial charge in [0, 0.05) is 25.7 Å². The van der Waals surface area contributed by atoms with Crippen LogP contribution in [0.15, 0.2) is 17.0 Å². The number of unbranched alkanes of at least 4 members (excludes halogenated alkanes) is 2. The van der Waals surface area contributed by atoms with Gasteiger partial charge in [-0.1, -0.05) is 19.8 Å². The Morgan fingerprint density at radius 1 is 1.29 bits per heavy atom. The van der Waals surface area contributed by atoms with Crippen molar-refractivity contribution < 1.29 is 12.8 Å².